The number of para-hydroxylation sites is 2. The highest BCUT2D eigenvalue weighted by Gasteiger charge is 2.30. The van der Waals surface area contributed by atoms with E-state index in [0.717, 1.165) is 18.2 Å². The molecule has 31 heavy (non-hydrogen) atoms. The number of sulfonamides is 1. The van der Waals surface area contributed by atoms with Gasteiger partial charge in [0.25, 0.3) is 5.69 Å². The van der Waals surface area contributed by atoms with Crippen LogP contribution in [0.3, 0.4) is 0 Å². The minimum Gasteiger partial charge on any atom is -0.379 e. The molecule has 3 rings (SSSR count). The summed E-state index contributed by atoms with van der Waals surface area (Å²) >= 11 is 5.69. The van der Waals surface area contributed by atoms with Gasteiger partial charge in [-0.25, -0.2) is 12.8 Å². The van der Waals surface area contributed by atoms with Gasteiger partial charge in [0, 0.05) is 45.2 Å². The molecule has 1 saturated heterocycles. The lowest BCUT2D eigenvalue weighted by atomic mass is 10.2. The van der Waals surface area contributed by atoms with Crippen molar-refractivity contribution < 1.29 is 22.5 Å². The summed E-state index contributed by atoms with van der Waals surface area (Å²) in [7, 11) is -3.85. The van der Waals surface area contributed by atoms with Gasteiger partial charge < -0.3 is 10.2 Å². The van der Waals surface area contributed by atoms with Gasteiger partial charge in [-0.2, -0.15) is 4.31 Å². The molecule has 0 atom stereocenters. The maximum atomic E-state index is 13.3. The van der Waals surface area contributed by atoms with Crippen molar-refractivity contribution in [2.45, 2.75) is 11.3 Å². The van der Waals surface area contributed by atoms with Gasteiger partial charge in [0.05, 0.1) is 14.8 Å². The van der Waals surface area contributed by atoms with Crippen LogP contribution < -0.4 is 5.32 Å². The van der Waals surface area contributed by atoms with Crippen molar-refractivity contribution in [2.24, 2.45) is 0 Å². The highest BCUT2D eigenvalue weighted by Crippen LogP contribution is 2.24. The van der Waals surface area contributed by atoms with Crippen molar-refractivity contribution in [1.29, 1.82) is 0 Å². The van der Waals surface area contributed by atoms with Crippen LogP contribution in [0, 0.1) is 15.9 Å². The summed E-state index contributed by atoms with van der Waals surface area (Å²) in [5.74, 6) is -0.890. The van der Waals surface area contributed by atoms with E-state index in [1.54, 1.807) is 23.1 Å². The second-order valence-corrected chi connectivity index (χ2v) is 9.16. The molecule has 0 aliphatic carbocycles. The number of nitrogens with one attached hydrogen (secondary N) is 1. The van der Waals surface area contributed by atoms with E-state index in [2.05, 4.69) is 5.32 Å². The zero-order chi connectivity index (χ0) is 22.6. The zero-order valence-corrected chi connectivity index (χ0v) is 17.9. The average Bonchev–Trinajstić information content (AvgIpc) is 2.75. The molecule has 0 bridgehead atoms. The predicted octanol–water partition coefficient (Wildman–Crippen LogP) is 2.72. The molecular formula is C19H20ClFN4O5S. The molecule has 0 radical (unpaired) electrons. The van der Waals surface area contributed by atoms with Crippen LogP contribution in [-0.2, 0) is 14.8 Å². The Bertz CT molecular complexity index is 1090. The topological polar surface area (TPSA) is 113 Å². The molecule has 166 valence electrons. The molecule has 1 fully saturated rings. The quantitative estimate of drug-likeness (QED) is 0.491. The van der Waals surface area contributed by atoms with Crippen molar-refractivity contribution in [2.75, 3.05) is 38.0 Å². The van der Waals surface area contributed by atoms with E-state index in [4.69, 9.17) is 11.6 Å². The fourth-order valence-corrected chi connectivity index (χ4v) is 4.90. The first-order valence-electron chi connectivity index (χ1n) is 9.40. The number of nitrogens with zero attached hydrogens (tertiary/aromatic N) is 3. The number of carbonyl (C=O) groups is 1. The van der Waals surface area contributed by atoms with Crippen LogP contribution in [0.1, 0.15) is 6.42 Å². The van der Waals surface area contributed by atoms with E-state index in [-0.39, 0.29) is 60.7 Å². The lowest BCUT2D eigenvalue weighted by molar-refractivity contribution is -0.384. The highest BCUT2D eigenvalue weighted by molar-refractivity contribution is 7.89. The fraction of sp³-hybridized carbons (Fsp3) is 0.316. The van der Waals surface area contributed by atoms with E-state index in [0.29, 0.717) is 5.69 Å². The minimum atomic E-state index is -3.85. The molecule has 2 aromatic carbocycles. The Balaban J connectivity index is 1.53. The summed E-state index contributed by atoms with van der Waals surface area (Å²) in [4.78, 5) is 24.4. The summed E-state index contributed by atoms with van der Waals surface area (Å²) in [5.41, 5.74) is 0.254. The van der Waals surface area contributed by atoms with Crippen molar-refractivity contribution in [3.8, 4) is 0 Å². The summed E-state index contributed by atoms with van der Waals surface area (Å²) < 4.78 is 40.0. The maximum absolute atomic E-state index is 13.3. The maximum Gasteiger partial charge on any atom is 0.292 e. The smallest absolute Gasteiger partial charge is 0.292 e. The van der Waals surface area contributed by atoms with E-state index in [9.17, 15) is 27.7 Å². The molecule has 2 aromatic rings. The first-order chi connectivity index (χ1) is 14.7. The van der Waals surface area contributed by atoms with Crippen molar-refractivity contribution >= 4 is 38.9 Å². The number of nitro groups is 1. The fourth-order valence-electron chi connectivity index (χ4n) is 3.21. The summed E-state index contributed by atoms with van der Waals surface area (Å²) in [6.45, 7) is 0.814. The number of hydrogen-bond donors (Lipinski definition) is 1. The van der Waals surface area contributed by atoms with Crippen LogP contribution in [-0.4, -0.2) is 61.2 Å². The second-order valence-electron chi connectivity index (χ2n) is 6.81. The molecule has 9 nitrogen and oxygen atoms in total. The normalized spacial score (nSPS) is 15.0. The van der Waals surface area contributed by atoms with E-state index < -0.39 is 20.8 Å². The number of anilines is 1. The second kappa shape index (κ2) is 9.58. The predicted molar refractivity (Wildman–Crippen MR) is 113 cm³/mol. The number of halogens is 2. The summed E-state index contributed by atoms with van der Waals surface area (Å²) in [5, 5.41) is 13.6. The highest BCUT2D eigenvalue weighted by atomic mass is 35.5. The Labute approximate surface area is 183 Å². The van der Waals surface area contributed by atoms with Crippen LogP contribution in [0.25, 0.3) is 0 Å². The van der Waals surface area contributed by atoms with Crippen LogP contribution in [0.5, 0.6) is 0 Å². The molecule has 12 heteroatoms. The minimum absolute atomic E-state index is 0.0744. The molecule has 0 unspecified atom stereocenters. The number of carbonyl (C=O) groups excluding carboxylic acids is 1. The van der Waals surface area contributed by atoms with Gasteiger partial charge in [-0.1, -0.05) is 23.7 Å². The number of benzene rings is 2. The Morgan fingerprint density at radius 2 is 1.84 bits per heavy atom. The van der Waals surface area contributed by atoms with Gasteiger partial charge in [-0.3, -0.25) is 14.9 Å². The van der Waals surface area contributed by atoms with E-state index >= 15 is 0 Å². The lowest BCUT2D eigenvalue weighted by Gasteiger charge is -2.34. The van der Waals surface area contributed by atoms with Crippen molar-refractivity contribution in [3.63, 3.8) is 0 Å². The SMILES string of the molecule is O=C(CCNc1ccccc1[N+](=O)[O-])N1CCN(S(=O)(=O)c2ccc(F)c(Cl)c2)CC1. The van der Waals surface area contributed by atoms with Gasteiger partial charge in [-0.15, -0.1) is 0 Å². The van der Waals surface area contributed by atoms with Gasteiger partial charge in [0.1, 0.15) is 11.5 Å². The molecule has 0 spiro atoms. The monoisotopic (exact) mass is 470 g/mol. The molecule has 1 aliphatic heterocycles. The Kier molecular flexibility index (Phi) is 7.08. The first-order valence-corrected chi connectivity index (χ1v) is 11.2. The third-order valence-electron chi connectivity index (χ3n) is 4.88. The van der Waals surface area contributed by atoms with E-state index in [1.807, 2.05) is 0 Å². The number of hydrogen-bond acceptors (Lipinski definition) is 6. The van der Waals surface area contributed by atoms with Gasteiger partial charge in [0.2, 0.25) is 15.9 Å². The van der Waals surface area contributed by atoms with Gasteiger partial charge in [0.15, 0.2) is 0 Å². The molecule has 1 amide bonds. The zero-order valence-electron chi connectivity index (χ0n) is 16.3. The van der Waals surface area contributed by atoms with Gasteiger partial charge >= 0.3 is 0 Å². The first kappa shape index (κ1) is 22.9. The van der Waals surface area contributed by atoms with E-state index in [1.165, 1.54) is 10.4 Å². The Morgan fingerprint density at radius 3 is 2.48 bits per heavy atom. The standard InChI is InChI=1S/C19H20ClFN4O5S/c20-15-13-14(5-6-16(15)21)31(29,30)24-11-9-23(10-12-24)19(26)7-8-22-17-3-1-2-4-18(17)25(27)28/h1-6,13,22H,7-12H2. The van der Waals surface area contributed by atoms with Crippen LogP contribution >= 0.6 is 11.6 Å². The number of piperazine rings is 1. The largest absolute Gasteiger partial charge is 0.379 e. The third kappa shape index (κ3) is 5.30. The Hall–Kier alpha value is -2.76. The molecule has 1 N–H and O–H groups in total. The number of amides is 1. The molecule has 1 aliphatic rings. The number of rotatable bonds is 7. The number of nitro benzene ring substituents is 1. The average molecular weight is 471 g/mol. The molecule has 0 saturated carbocycles. The van der Waals surface area contributed by atoms with Crippen molar-refractivity contribution in [3.05, 3.63) is 63.4 Å². The van der Waals surface area contributed by atoms with Crippen LogP contribution in [0.4, 0.5) is 15.8 Å². The summed E-state index contributed by atoms with van der Waals surface area (Å²) in [6, 6.07) is 9.37. The molecule has 0 aromatic heterocycles. The van der Waals surface area contributed by atoms with Crippen LogP contribution in [0.2, 0.25) is 5.02 Å². The van der Waals surface area contributed by atoms with Gasteiger partial charge in [-0.05, 0) is 24.3 Å². The molecular weight excluding hydrogens is 451 g/mol. The van der Waals surface area contributed by atoms with Crippen molar-refractivity contribution in [1.82, 2.24) is 9.21 Å². The summed E-state index contributed by atoms with van der Waals surface area (Å²) in [6.07, 6.45) is 0.104. The third-order valence-corrected chi connectivity index (χ3v) is 7.06. The lowest BCUT2D eigenvalue weighted by Crippen LogP contribution is -2.50. The Morgan fingerprint density at radius 1 is 1.16 bits per heavy atom. The van der Waals surface area contributed by atoms with Crippen LogP contribution in [0.15, 0.2) is 47.4 Å². The molecule has 1 heterocycles.